The van der Waals surface area contributed by atoms with E-state index in [1.54, 1.807) is 0 Å². The van der Waals surface area contributed by atoms with E-state index in [1.165, 1.54) is 12.8 Å². The molecule has 1 N–H and O–H groups in total. The van der Waals surface area contributed by atoms with Crippen LogP contribution in [-0.4, -0.2) is 36.0 Å². The number of halogens is 1. The van der Waals surface area contributed by atoms with E-state index >= 15 is 0 Å². The van der Waals surface area contributed by atoms with E-state index < -0.39 is 0 Å². The second-order valence-electron chi connectivity index (χ2n) is 5.81. The average molecular weight is 337 g/mol. The van der Waals surface area contributed by atoms with Crippen LogP contribution >= 0.6 is 15.9 Å². The van der Waals surface area contributed by atoms with Crippen molar-refractivity contribution in [3.63, 3.8) is 0 Å². The summed E-state index contributed by atoms with van der Waals surface area (Å²) in [4.78, 5) is 14.7. The van der Waals surface area contributed by atoms with E-state index in [-0.39, 0.29) is 5.91 Å². The zero-order chi connectivity index (χ0) is 13.9. The van der Waals surface area contributed by atoms with Gasteiger partial charge in [-0.1, -0.05) is 28.1 Å². The second kappa shape index (κ2) is 6.27. The lowest BCUT2D eigenvalue weighted by Crippen LogP contribution is -2.47. The molecule has 0 aromatic heterocycles. The van der Waals surface area contributed by atoms with Crippen molar-refractivity contribution in [1.82, 2.24) is 10.2 Å². The van der Waals surface area contributed by atoms with Crippen molar-refractivity contribution in [2.45, 2.75) is 44.2 Å². The van der Waals surface area contributed by atoms with Crippen LogP contribution in [0.3, 0.4) is 0 Å². The summed E-state index contributed by atoms with van der Waals surface area (Å²) in [6, 6.07) is 8.99. The van der Waals surface area contributed by atoms with Crippen molar-refractivity contribution >= 4 is 21.8 Å². The Morgan fingerprint density at radius 3 is 3.00 bits per heavy atom. The maximum Gasteiger partial charge on any atom is 0.227 e. The SMILES string of the molecule is O=C(Cc1cccc(Br)c1)N1CCCC1C1CCCN1. The summed E-state index contributed by atoms with van der Waals surface area (Å²) in [5.74, 6) is 0.277. The number of carbonyl (C=O) groups excluding carboxylic acids is 1. The Kier molecular flexibility index (Phi) is 4.41. The molecule has 3 nitrogen and oxygen atoms in total. The number of carbonyl (C=O) groups is 1. The van der Waals surface area contributed by atoms with Crippen LogP contribution in [0.5, 0.6) is 0 Å². The van der Waals surface area contributed by atoms with E-state index in [4.69, 9.17) is 0 Å². The number of hydrogen-bond donors (Lipinski definition) is 1. The van der Waals surface area contributed by atoms with Gasteiger partial charge >= 0.3 is 0 Å². The Hall–Kier alpha value is -0.870. The summed E-state index contributed by atoms with van der Waals surface area (Å²) in [7, 11) is 0. The van der Waals surface area contributed by atoms with Crippen molar-refractivity contribution in [3.05, 3.63) is 34.3 Å². The maximum absolute atomic E-state index is 12.6. The monoisotopic (exact) mass is 336 g/mol. The molecule has 2 unspecified atom stereocenters. The molecule has 108 valence electrons. The Morgan fingerprint density at radius 1 is 1.35 bits per heavy atom. The minimum absolute atomic E-state index is 0.277. The quantitative estimate of drug-likeness (QED) is 0.920. The molecular formula is C16H21BrN2O. The number of amides is 1. The van der Waals surface area contributed by atoms with Crippen LogP contribution in [-0.2, 0) is 11.2 Å². The van der Waals surface area contributed by atoms with Gasteiger partial charge in [-0.2, -0.15) is 0 Å². The fraction of sp³-hybridized carbons (Fsp3) is 0.562. The first-order chi connectivity index (χ1) is 9.74. The first-order valence-corrected chi connectivity index (χ1v) is 8.30. The first-order valence-electron chi connectivity index (χ1n) is 7.51. The molecule has 2 heterocycles. The molecule has 20 heavy (non-hydrogen) atoms. The van der Waals surface area contributed by atoms with Crippen LogP contribution in [0, 0.1) is 0 Å². The molecule has 0 aliphatic carbocycles. The summed E-state index contributed by atoms with van der Waals surface area (Å²) in [5.41, 5.74) is 1.09. The molecule has 4 heteroatoms. The van der Waals surface area contributed by atoms with Crippen LogP contribution in [0.1, 0.15) is 31.2 Å². The Labute approximate surface area is 128 Å². The van der Waals surface area contributed by atoms with Gasteiger partial charge in [0.15, 0.2) is 0 Å². The number of benzene rings is 1. The summed E-state index contributed by atoms with van der Waals surface area (Å²) in [6.07, 6.45) is 5.28. The Bertz CT molecular complexity index is 485. The van der Waals surface area contributed by atoms with Crippen LogP contribution in [0.2, 0.25) is 0 Å². The molecule has 0 bridgehead atoms. The number of rotatable bonds is 3. The lowest BCUT2D eigenvalue weighted by molar-refractivity contribution is -0.131. The molecule has 0 spiro atoms. The highest BCUT2D eigenvalue weighted by molar-refractivity contribution is 9.10. The van der Waals surface area contributed by atoms with Crippen LogP contribution in [0.4, 0.5) is 0 Å². The zero-order valence-electron chi connectivity index (χ0n) is 11.6. The molecule has 1 aromatic carbocycles. The van der Waals surface area contributed by atoms with Crippen molar-refractivity contribution < 1.29 is 4.79 Å². The van der Waals surface area contributed by atoms with Crippen LogP contribution in [0.15, 0.2) is 28.7 Å². The third kappa shape index (κ3) is 3.07. The van der Waals surface area contributed by atoms with Gasteiger partial charge in [0.2, 0.25) is 5.91 Å². The predicted molar refractivity (Wildman–Crippen MR) is 83.6 cm³/mol. The topological polar surface area (TPSA) is 32.3 Å². The summed E-state index contributed by atoms with van der Waals surface area (Å²) in [6.45, 7) is 2.03. The summed E-state index contributed by atoms with van der Waals surface area (Å²) < 4.78 is 1.04. The summed E-state index contributed by atoms with van der Waals surface area (Å²) in [5, 5.41) is 3.55. The van der Waals surface area contributed by atoms with Crippen LogP contribution < -0.4 is 5.32 Å². The molecule has 1 amide bonds. The lowest BCUT2D eigenvalue weighted by Gasteiger charge is -2.29. The van der Waals surface area contributed by atoms with E-state index in [2.05, 4.69) is 26.1 Å². The summed E-state index contributed by atoms with van der Waals surface area (Å²) >= 11 is 3.47. The molecule has 2 saturated heterocycles. The largest absolute Gasteiger partial charge is 0.338 e. The third-order valence-electron chi connectivity index (χ3n) is 4.43. The van der Waals surface area contributed by atoms with Gasteiger partial charge in [0.1, 0.15) is 0 Å². The van der Waals surface area contributed by atoms with Crippen molar-refractivity contribution in [1.29, 1.82) is 0 Å². The standard InChI is InChI=1S/C16H21BrN2O/c17-13-5-1-4-12(10-13)11-16(20)19-9-3-7-15(19)14-6-2-8-18-14/h1,4-5,10,14-15,18H,2-3,6-9,11H2. The number of hydrogen-bond acceptors (Lipinski definition) is 2. The predicted octanol–water partition coefficient (Wildman–Crippen LogP) is 2.73. The van der Waals surface area contributed by atoms with Crippen molar-refractivity contribution in [3.8, 4) is 0 Å². The maximum atomic E-state index is 12.6. The highest BCUT2D eigenvalue weighted by atomic mass is 79.9. The number of likely N-dealkylation sites (tertiary alicyclic amines) is 1. The van der Waals surface area contributed by atoms with Gasteiger partial charge in [-0.05, 0) is 49.9 Å². The van der Waals surface area contributed by atoms with Crippen molar-refractivity contribution in [2.75, 3.05) is 13.1 Å². The van der Waals surface area contributed by atoms with E-state index in [1.807, 2.05) is 24.3 Å². The minimum Gasteiger partial charge on any atom is -0.338 e. The second-order valence-corrected chi connectivity index (χ2v) is 6.72. The minimum atomic E-state index is 0.277. The Balaban J connectivity index is 1.66. The molecular weight excluding hydrogens is 316 g/mol. The molecule has 3 rings (SSSR count). The first kappa shape index (κ1) is 14.1. The molecule has 0 saturated carbocycles. The van der Waals surface area contributed by atoms with Crippen molar-refractivity contribution in [2.24, 2.45) is 0 Å². The van der Waals surface area contributed by atoms with Gasteiger partial charge in [-0.25, -0.2) is 0 Å². The van der Waals surface area contributed by atoms with Gasteiger partial charge in [-0.3, -0.25) is 4.79 Å². The normalized spacial score (nSPS) is 26.1. The third-order valence-corrected chi connectivity index (χ3v) is 4.92. The molecule has 2 atom stereocenters. The fourth-order valence-electron chi connectivity index (χ4n) is 3.48. The van der Waals surface area contributed by atoms with E-state index in [0.717, 1.165) is 36.0 Å². The lowest BCUT2D eigenvalue weighted by atomic mass is 10.0. The van der Waals surface area contributed by atoms with Gasteiger partial charge in [-0.15, -0.1) is 0 Å². The van der Waals surface area contributed by atoms with E-state index in [0.29, 0.717) is 18.5 Å². The highest BCUT2D eigenvalue weighted by Gasteiger charge is 2.35. The Morgan fingerprint density at radius 2 is 2.25 bits per heavy atom. The van der Waals surface area contributed by atoms with E-state index in [9.17, 15) is 4.79 Å². The fourth-order valence-corrected chi connectivity index (χ4v) is 3.93. The zero-order valence-corrected chi connectivity index (χ0v) is 13.2. The molecule has 1 aromatic rings. The average Bonchev–Trinajstić information content (AvgIpc) is 3.09. The molecule has 2 aliphatic rings. The van der Waals surface area contributed by atoms with Gasteiger partial charge < -0.3 is 10.2 Å². The molecule has 0 radical (unpaired) electrons. The van der Waals surface area contributed by atoms with Crippen LogP contribution in [0.25, 0.3) is 0 Å². The van der Waals surface area contributed by atoms with Gasteiger partial charge in [0, 0.05) is 23.1 Å². The molecule has 2 aliphatic heterocycles. The number of nitrogens with zero attached hydrogens (tertiary/aromatic N) is 1. The number of nitrogens with one attached hydrogen (secondary N) is 1. The van der Waals surface area contributed by atoms with Gasteiger partial charge in [0.25, 0.3) is 0 Å². The molecule has 2 fully saturated rings. The highest BCUT2D eigenvalue weighted by Crippen LogP contribution is 2.25. The smallest absolute Gasteiger partial charge is 0.227 e. The van der Waals surface area contributed by atoms with Gasteiger partial charge in [0.05, 0.1) is 6.42 Å².